The number of aromatic hydroxyl groups is 1. The largest absolute Gasteiger partial charge is 0.508 e. The molecule has 0 fully saturated rings. The van der Waals surface area contributed by atoms with Crippen LogP contribution in [0.5, 0.6) is 11.5 Å². The molecule has 0 saturated heterocycles. The van der Waals surface area contributed by atoms with Crippen LogP contribution in [-0.4, -0.2) is 24.8 Å². The van der Waals surface area contributed by atoms with Crippen LogP contribution in [0.2, 0.25) is 0 Å². The Morgan fingerprint density at radius 1 is 1.00 bits per heavy atom. The molecule has 0 aliphatic carbocycles. The fourth-order valence-corrected chi connectivity index (χ4v) is 1.97. The number of benzene rings is 2. The Kier molecular flexibility index (Phi) is 5.65. The molecule has 2 aromatic rings. The Balaban J connectivity index is 1.68. The van der Waals surface area contributed by atoms with Crippen LogP contribution in [-0.2, 0) is 13.0 Å². The van der Waals surface area contributed by atoms with Crippen molar-refractivity contribution in [3.8, 4) is 11.5 Å². The van der Waals surface area contributed by atoms with Gasteiger partial charge < -0.3 is 20.5 Å². The van der Waals surface area contributed by atoms with Gasteiger partial charge >= 0.3 is 6.03 Å². The van der Waals surface area contributed by atoms with E-state index in [1.807, 2.05) is 36.4 Å². The van der Waals surface area contributed by atoms with Crippen LogP contribution in [0.4, 0.5) is 4.79 Å². The van der Waals surface area contributed by atoms with Crippen LogP contribution in [0.1, 0.15) is 11.1 Å². The van der Waals surface area contributed by atoms with Crippen LogP contribution in [0, 0.1) is 0 Å². The van der Waals surface area contributed by atoms with E-state index in [2.05, 4.69) is 10.6 Å². The molecule has 5 nitrogen and oxygen atoms in total. The van der Waals surface area contributed by atoms with E-state index in [0.29, 0.717) is 13.1 Å². The lowest BCUT2D eigenvalue weighted by molar-refractivity contribution is 0.240. The van der Waals surface area contributed by atoms with Crippen LogP contribution in [0.25, 0.3) is 0 Å². The first kappa shape index (κ1) is 15.7. The molecule has 0 aliphatic rings. The van der Waals surface area contributed by atoms with Crippen molar-refractivity contribution in [3.05, 3.63) is 59.7 Å². The first-order chi connectivity index (χ1) is 10.7. The molecular weight excluding hydrogens is 280 g/mol. The summed E-state index contributed by atoms with van der Waals surface area (Å²) in [6.45, 7) is 1.01. The van der Waals surface area contributed by atoms with Crippen molar-refractivity contribution in [2.75, 3.05) is 13.7 Å². The van der Waals surface area contributed by atoms with Crippen molar-refractivity contribution in [1.82, 2.24) is 10.6 Å². The average Bonchev–Trinajstić information content (AvgIpc) is 2.55. The molecule has 0 aromatic heterocycles. The molecule has 2 amide bonds. The van der Waals surface area contributed by atoms with Crippen LogP contribution >= 0.6 is 0 Å². The Morgan fingerprint density at radius 3 is 2.27 bits per heavy atom. The molecule has 0 atom stereocenters. The molecule has 0 bridgehead atoms. The summed E-state index contributed by atoms with van der Waals surface area (Å²) in [5.41, 5.74) is 2.07. The molecule has 0 saturated carbocycles. The minimum atomic E-state index is -0.199. The molecule has 0 unspecified atom stereocenters. The number of ether oxygens (including phenoxy) is 1. The van der Waals surface area contributed by atoms with Gasteiger partial charge in [-0.1, -0.05) is 24.3 Å². The lowest BCUT2D eigenvalue weighted by atomic mass is 10.1. The maximum Gasteiger partial charge on any atom is 0.315 e. The normalized spacial score (nSPS) is 10.0. The van der Waals surface area contributed by atoms with Gasteiger partial charge in [0.1, 0.15) is 11.5 Å². The number of phenols is 1. The molecule has 0 spiro atoms. The fraction of sp³-hybridized carbons (Fsp3) is 0.235. The summed E-state index contributed by atoms with van der Waals surface area (Å²) in [6.07, 6.45) is 0.718. The van der Waals surface area contributed by atoms with Gasteiger partial charge in [-0.15, -0.1) is 0 Å². The summed E-state index contributed by atoms with van der Waals surface area (Å²) >= 11 is 0. The molecule has 0 heterocycles. The van der Waals surface area contributed by atoms with Crippen molar-refractivity contribution < 1.29 is 14.6 Å². The third-order valence-corrected chi connectivity index (χ3v) is 3.25. The number of urea groups is 1. The van der Waals surface area contributed by atoms with Crippen molar-refractivity contribution in [2.45, 2.75) is 13.0 Å². The highest BCUT2D eigenvalue weighted by Crippen LogP contribution is 2.11. The van der Waals surface area contributed by atoms with E-state index < -0.39 is 0 Å². The third-order valence-electron chi connectivity index (χ3n) is 3.25. The minimum absolute atomic E-state index is 0.199. The van der Waals surface area contributed by atoms with Gasteiger partial charge in [0.05, 0.1) is 7.11 Å². The van der Waals surface area contributed by atoms with Crippen LogP contribution < -0.4 is 15.4 Å². The summed E-state index contributed by atoms with van der Waals surface area (Å²) in [6, 6.07) is 14.3. The van der Waals surface area contributed by atoms with E-state index in [4.69, 9.17) is 4.74 Å². The van der Waals surface area contributed by atoms with Crippen LogP contribution in [0.3, 0.4) is 0 Å². The second-order valence-corrected chi connectivity index (χ2v) is 4.87. The topological polar surface area (TPSA) is 70.6 Å². The summed E-state index contributed by atoms with van der Waals surface area (Å²) in [5, 5.41) is 14.8. The second kappa shape index (κ2) is 7.93. The predicted molar refractivity (Wildman–Crippen MR) is 85.0 cm³/mol. The van der Waals surface area contributed by atoms with E-state index in [-0.39, 0.29) is 11.8 Å². The predicted octanol–water partition coefficient (Wildman–Crippen LogP) is 2.44. The maximum atomic E-state index is 11.7. The molecule has 22 heavy (non-hydrogen) atoms. The highest BCUT2D eigenvalue weighted by molar-refractivity contribution is 5.73. The molecule has 5 heteroatoms. The maximum absolute atomic E-state index is 11.7. The monoisotopic (exact) mass is 300 g/mol. The lowest BCUT2D eigenvalue weighted by Crippen LogP contribution is -2.36. The Hall–Kier alpha value is -2.69. The first-order valence-corrected chi connectivity index (χ1v) is 7.10. The van der Waals surface area contributed by atoms with E-state index in [1.165, 1.54) is 0 Å². The summed E-state index contributed by atoms with van der Waals surface area (Å²) < 4.78 is 5.08. The fourth-order valence-electron chi connectivity index (χ4n) is 1.97. The Morgan fingerprint density at radius 2 is 1.64 bits per heavy atom. The summed E-state index contributed by atoms with van der Waals surface area (Å²) in [5.74, 6) is 1.04. The smallest absolute Gasteiger partial charge is 0.315 e. The summed E-state index contributed by atoms with van der Waals surface area (Å²) in [7, 11) is 1.62. The number of rotatable bonds is 6. The van der Waals surface area contributed by atoms with Crippen molar-refractivity contribution in [1.29, 1.82) is 0 Å². The SMILES string of the molecule is COc1ccc(CNC(=O)NCCc2ccc(O)cc2)cc1. The number of phenolic OH excluding ortho intramolecular Hbond substituents is 1. The van der Waals surface area contributed by atoms with Crippen molar-refractivity contribution in [2.24, 2.45) is 0 Å². The van der Waals surface area contributed by atoms with Gasteiger partial charge in [0.25, 0.3) is 0 Å². The number of nitrogens with one attached hydrogen (secondary N) is 2. The van der Waals surface area contributed by atoms with Gasteiger partial charge in [0, 0.05) is 13.1 Å². The highest BCUT2D eigenvalue weighted by Gasteiger charge is 2.01. The molecule has 2 aromatic carbocycles. The van der Waals surface area contributed by atoms with E-state index >= 15 is 0 Å². The van der Waals surface area contributed by atoms with Gasteiger partial charge in [0.2, 0.25) is 0 Å². The molecule has 0 radical (unpaired) electrons. The number of hydrogen-bond acceptors (Lipinski definition) is 3. The number of hydrogen-bond donors (Lipinski definition) is 3. The van der Waals surface area contributed by atoms with Gasteiger partial charge in [-0.05, 0) is 41.8 Å². The van der Waals surface area contributed by atoms with Crippen molar-refractivity contribution in [3.63, 3.8) is 0 Å². The molecule has 0 aliphatic heterocycles. The molecular formula is C17H20N2O3. The average molecular weight is 300 g/mol. The van der Waals surface area contributed by atoms with E-state index in [0.717, 1.165) is 23.3 Å². The van der Waals surface area contributed by atoms with Gasteiger partial charge in [0.15, 0.2) is 0 Å². The zero-order valence-corrected chi connectivity index (χ0v) is 12.5. The van der Waals surface area contributed by atoms with Gasteiger partial charge in [-0.25, -0.2) is 4.79 Å². The Bertz CT molecular complexity index is 594. The van der Waals surface area contributed by atoms with Crippen LogP contribution in [0.15, 0.2) is 48.5 Å². The number of carbonyl (C=O) groups is 1. The highest BCUT2D eigenvalue weighted by atomic mass is 16.5. The second-order valence-electron chi connectivity index (χ2n) is 4.87. The van der Waals surface area contributed by atoms with Crippen molar-refractivity contribution >= 4 is 6.03 Å². The minimum Gasteiger partial charge on any atom is -0.508 e. The number of carbonyl (C=O) groups excluding carboxylic acids is 1. The van der Waals surface area contributed by atoms with Gasteiger partial charge in [-0.2, -0.15) is 0 Å². The molecule has 3 N–H and O–H groups in total. The number of amides is 2. The lowest BCUT2D eigenvalue weighted by Gasteiger charge is -2.08. The zero-order valence-electron chi connectivity index (χ0n) is 12.5. The molecule has 116 valence electrons. The third kappa shape index (κ3) is 5.01. The van der Waals surface area contributed by atoms with E-state index in [9.17, 15) is 9.90 Å². The number of methoxy groups -OCH3 is 1. The standard InChI is InChI=1S/C17H20N2O3/c1-22-16-8-4-14(5-9-16)12-19-17(21)18-11-10-13-2-6-15(20)7-3-13/h2-9,20H,10-12H2,1H3,(H2,18,19,21). The summed E-state index contributed by atoms with van der Waals surface area (Å²) in [4.78, 5) is 11.7. The van der Waals surface area contributed by atoms with Gasteiger partial charge in [-0.3, -0.25) is 0 Å². The Labute approximate surface area is 129 Å². The first-order valence-electron chi connectivity index (χ1n) is 7.10. The van der Waals surface area contributed by atoms with E-state index in [1.54, 1.807) is 19.2 Å². The quantitative estimate of drug-likeness (QED) is 0.767. The zero-order chi connectivity index (χ0) is 15.8. The molecule has 2 rings (SSSR count).